The molecule has 0 N–H and O–H groups in total. The number of sulfonamides is 1. The maximum Gasteiger partial charge on any atom is 0.246 e. The Bertz CT molecular complexity index is 617. The van der Waals surface area contributed by atoms with Gasteiger partial charge in [-0.25, -0.2) is 8.42 Å². The third-order valence-corrected chi connectivity index (χ3v) is 5.82. The van der Waals surface area contributed by atoms with Crippen LogP contribution in [0, 0.1) is 5.92 Å². The summed E-state index contributed by atoms with van der Waals surface area (Å²) in [5.74, 6) is 0.116. The summed E-state index contributed by atoms with van der Waals surface area (Å²) in [6.45, 7) is 2.87. The Morgan fingerprint density at radius 3 is 2.90 bits per heavy atom. The number of hydrogen-bond acceptors (Lipinski definition) is 4. The zero-order valence-corrected chi connectivity index (χ0v) is 14.2. The minimum Gasteiger partial charge on any atom is -0.492 e. The van der Waals surface area contributed by atoms with E-state index < -0.39 is 10.0 Å². The summed E-state index contributed by atoms with van der Waals surface area (Å²) in [5.41, 5.74) is 0. The van der Waals surface area contributed by atoms with Crippen molar-refractivity contribution < 1.29 is 17.9 Å². The van der Waals surface area contributed by atoms with Crippen LogP contribution in [0.5, 0.6) is 5.75 Å². The fourth-order valence-corrected chi connectivity index (χ4v) is 4.61. The van der Waals surface area contributed by atoms with Crippen molar-refractivity contribution in [1.29, 1.82) is 0 Å². The molecule has 2 rings (SSSR count). The Labute approximate surface area is 133 Å². The van der Waals surface area contributed by atoms with E-state index in [2.05, 4.69) is 15.9 Å². The molecule has 1 aliphatic rings. The Morgan fingerprint density at radius 1 is 1.48 bits per heavy atom. The molecule has 21 heavy (non-hydrogen) atoms. The third kappa shape index (κ3) is 3.64. The lowest BCUT2D eigenvalue weighted by molar-refractivity contribution is -0.112. The number of rotatable bonds is 5. The van der Waals surface area contributed by atoms with E-state index in [4.69, 9.17) is 4.74 Å². The van der Waals surface area contributed by atoms with Crippen LogP contribution in [0.25, 0.3) is 0 Å². The molecule has 1 aromatic carbocycles. The largest absolute Gasteiger partial charge is 0.492 e. The van der Waals surface area contributed by atoms with Gasteiger partial charge < -0.3 is 9.53 Å². The highest BCUT2D eigenvalue weighted by Crippen LogP contribution is 2.31. The van der Waals surface area contributed by atoms with E-state index in [-0.39, 0.29) is 17.4 Å². The van der Waals surface area contributed by atoms with Crippen molar-refractivity contribution in [2.24, 2.45) is 5.92 Å². The number of aldehydes is 1. The molecule has 0 saturated carbocycles. The topological polar surface area (TPSA) is 63.7 Å². The quantitative estimate of drug-likeness (QED) is 0.741. The molecule has 1 saturated heterocycles. The molecule has 5 nitrogen and oxygen atoms in total. The molecular formula is C14H18BrNO4S. The van der Waals surface area contributed by atoms with Crippen molar-refractivity contribution in [3.8, 4) is 5.75 Å². The first-order valence-corrected chi connectivity index (χ1v) is 9.10. The molecule has 1 fully saturated rings. The maximum absolute atomic E-state index is 12.8. The summed E-state index contributed by atoms with van der Waals surface area (Å²) < 4.78 is 33.1. The molecular weight excluding hydrogens is 358 g/mol. The lowest BCUT2D eigenvalue weighted by Crippen LogP contribution is -2.40. The summed E-state index contributed by atoms with van der Waals surface area (Å²) in [6, 6.07) is 4.93. The lowest BCUT2D eigenvalue weighted by atomic mass is 10.0. The number of carbonyl (C=O) groups is 1. The van der Waals surface area contributed by atoms with Crippen LogP contribution < -0.4 is 4.74 Å². The van der Waals surface area contributed by atoms with Gasteiger partial charge in [0.1, 0.15) is 16.9 Å². The first-order valence-electron chi connectivity index (χ1n) is 6.86. The van der Waals surface area contributed by atoms with Crippen LogP contribution in [0.2, 0.25) is 0 Å². The highest BCUT2D eigenvalue weighted by molar-refractivity contribution is 9.10. The van der Waals surface area contributed by atoms with Crippen LogP contribution in [-0.4, -0.2) is 38.7 Å². The number of halogens is 1. The Morgan fingerprint density at radius 2 is 2.24 bits per heavy atom. The standard InChI is InChI=1S/C14H18BrNO4S/c1-2-20-13-6-5-12(15)8-14(13)21(18,19)16-7-3-4-11(9-16)10-17/h5-6,8,10-11H,2-4,7,9H2,1H3. The van der Waals surface area contributed by atoms with Crippen molar-refractivity contribution in [1.82, 2.24) is 4.31 Å². The fraction of sp³-hybridized carbons (Fsp3) is 0.500. The Kier molecular flexibility index (Phi) is 5.40. The fourth-order valence-electron chi connectivity index (χ4n) is 2.40. The summed E-state index contributed by atoms with van der Waals surface area (Å²) >= 11 is 3.29. The average molecular weight is 376 g/mol. The van der Waals surface area contributed by atoms with Crippen molar-refractivity contribution in [3.05, 3.63) is 22.7 Å². The van der Waals surface area contributed by atoms with Crippen molar-refractivity contribution in [3.63, 3.8) is 0 Å². The van der Waals surface area contributed by atoms with Gasteiger partial charge in [0.05, 0.1) is 6.61 Å². The smallest absolute Gasteiger partial charge is 0.246 e. The van der Waals surface area contributed by atoms with Crippen LogP contribution in [0.1, 0.15) is 19.8 Å². The van der Waals surface area contributed by atoms with Gasteiger partial charge >= 0.3 is 0 Å². The van der Waals surface area contributed by atoms with Crippen molar-refractivity contribution >= 4 is 32.2 Å². The van der Waals surface area contributed by atoms with Gasteiger partial charge in [0.2, 0.25) is 10.0 Å². The molecule has 0 aliphatic carbocycles. The van der Waals surface area contributed by atoms with Gasteiger partial charge in [-0.05, 0) is 38.0 Å². The molecule has 1 aliphatic heterocycles. The van der Waals surface area contributed by atoms with Crippen molar-refractivity contribution in [2.75, 3.05) is 19.7 Å². The molecule has 0 radical (unpaired) electrons. The highest BCUT2D eigenvalue weighted by Gasteiger charge is 2.32. The summed E-state index contributed by atoms with van der Waals surface area (Å²) in [6.07, 6.45) is 2.28. The van der Waals surface area contributed by atoms with Crippen LogP contribution in [-0.2, 0) is 14.8 Å². The van der Waals surface area contributed by atoms with Gasteiger partial charge in [0.25, 0.3) is 0 Å². The first-order chi connectivity index (χ1) is 9.98. The maximum atomic E-state index is 12.8. The van der Waals surface area contributed by atoms with Gasteiger partial charge in [0, 0.05) is 23.5 Å². The van der Waals surface area contributed by atoms with E-state index in [1.165, 1.54) is 4.31 Å². The molecule has 1 heterocycles. The van der Waals surface area contributed by atoms with Gasteiger partial charge in [-0.2, -0.15) is 4.31 Å². The number of benzene rings is 1. The normalized spacial score (nSPS) is 20.2. The zero-order chi connectivity index (χ0) is 15.5. The molecule has 7 heteroatoms. The Hall–Kier alpha value is -0.920. The summed E-state index contributed by atoms with van der Waals surface area (Å²) in [7, 11) is -3.66. The van der Waals surface area contributed by atoms with Gasteiger partial charge in [-0.3, -0.25) is 0 Å². The number of piperidine rings is 1. The van der Waals surface area contributed by atoms with Crippen LogP contribution in [0.3, 0.4) is 0 Å². The van der Waals surface area contributed by atoms with Gasteiger partial charge in [-0.1, -0.05) is 15.9 Å². The van der Waals surface area contributed by atoms with Gasteiger partial charge in [0.15, 0.2) is 0 Å². The monoisotopic (exact) mass is 375 g/mol. The van der Waals surface area contributed by atoms with E-state index >= 15 is 0 Å². The molecule has 0 aromatic heterocycles. The number of nitrogens with zero attached hydrogens (tertiary/aromatic N) is 1. The van der Waals surface area contributed by atoms with E-state index in [0.29, 0.717) is 29.8 Å². The first kappa shape index (κ1) is 16.5. The Balaban J connectivity index is 2.38. The minimum atomic E-state index is -3.66. The molecule has 1 atom stereocenters. The second-order valence-electron chi connectivity index (χ2n) is 4.93. The molecule has 0 amide bonds. The van der Waals surface area contributed by atoms with Crippen molar-refractivity contribution in [2.45, 2.75) is 24.7 Å². The van der Waals surface area contributed by atoms with E-state index in [0.717, 1.165) is 12.7 Å². The van der Waals surface area contributed by atoms with Crippen LogP contribution >= 0.6 is 15.9 Å². The van der Waals surface area contributed by atoms with Crippen LogP contribution in [0.15, 0.2) is 27.6 Å². The van der Waals surface area contributed by atoms with E-state index in [1.807, 2.05) is 6.92 Å². The predicted octanol–water partition coefficient (Wildman–Crippen LogP) is 2.45. The number of ether oxygens (including phenoxy) is 1. The summed E-state index contributed by atoms with van der Waals surface area (Å²) in [4.78, 5) is 11.1. The molecule has 0 spiro atoms. The third-order valence-electron chi connectivity index (χ3n) is 3.44. The van der Waals surface area contributed by atoms with E-state index in [9.17, 15) is 13.2 Å². The average Bonchev–Trinajstić information content (AvgIpc) is 2.49. The molecule has 116 valence electrons. The minimum absolute atomic E-state index is 0.144. The molecule has 1 aromatic rings. The second kappa shape index (κ2) is 6.89. The SMILES string of the molecule is CCOc1ccc(Br)cc1S(=O)(=O)N1CCCC(C=O)C1. The van der Waals surface area contributed by atoms with Crippen LogP contribution in [0.4, 0.5) is 0 Å². The molecule has 0 bridgehead atoms. The second-order valence-corrected chi connectivity index (χ2v) is 7.75. The zero-order valence-electron chi connectivity index (χ0n) is 11.8. The highest BCUT2D eigenvalue weighted by atomic mass is 79.9. The molecule has 1 unspecified atom stereocenters. The van der Waals surface area contributed by atoms with E-state index in [1.54, 1.807) is 18.2 Å². The van der Waals surface area contributed by atoms with Gasteiger partial charge in [-0.15, -0.1) is 0 Å². The number of hydrogen-bond donors (Lipinski definition) is 0. The lowest BCUT2D eigenvalue weighted by Gasteiger charge is -2.29. The number of carbonyl (C=O) groups excluding carboxylic acids is 1. The summed E-state index contributed by atoms with van der Waals surface area (Å²) in [5, 5.41) is 0. The predicted molar refractivity (Wildman–Crippen MR) is 82.9 cm³/mol.